The van der Waals surface area contributed by atoms with E-state index < -0.39 is 0 Å². The number of benzene rings is 2. The third kappa shape index (κ3) is 3.75. The summed E-state index contributed by atoms with van der Waals surface area (Å²) in [5.74, 6) is 0. The highest BCUT2D eigenvalue weighted by Gasteiger charge is 2.18. The first-order chi connectivity index (χ1) is 9.97. The Morgan fingerprint density at radius 1 is 0.952 bits per heavy atom. The van der Waals surface area contributed by atoms with E-state index in [1.165, 1.54) is 0 Å². The molecule has 0 fully saturated rings. The van der Waals surface area contributed by atoms with Crippen molar-refractivity contribution in [1.82, 2.24) is 4.90 Å². The molecule has 0 saturated carbocycles. The first-order valence-electron chi connectivity index (χ1n) is 6.89. The standard InChI is InChI=1S/C17H21N3O/c1-13-7-5-9-15(11-13)18-20(17(21)19(3)4)16-10-6-8-14(2)12-16/h5-12,18H,1-4H3. The molecule has 2 aromatic carbocycles. The van der Waals surface area contributed by atoms with E-state index in [0.29, 0.717) is 0 Å². The van der Waals surface area contributed by atoms with Gasteiger partial charge in [-0.2, -0.15) is 0 Å². The maximum Gasteiger partial charge on any atom is 0.342 e. The van der Waals surface area contributed by atoms with E-state index in [1.54, 1.807) is 24.0 Å². The zero-order valence-electron chi connectivity index (χ0n) is 12.9. The molecule has 2 amide bonds. The van der Waals surface area contributed by atoms with Crippen molar-refractivity contribution in [3.8, 4) is 0 Å². The van der Waals surface area contributed by atoms with Gasteiger partial charge in [0.1, 0.15) is 0 Å². The molecule has 0 saturated heterocycles. The predicted octanol–water partition coefficient (Wildman–Crippen LogP) is 3.82. The highest BCUT2D eigenvalue weighted by atomic mass is 16.2. The Bertz CT molecular complexity index is 637. The summed E-state index contributed by atoms with van der Waals surface area (Å²) in [4.78, 5) is 14.0. The molecule has 0 aliphatic heterocycles. The van der Waals surface area contributed by atoms with Gasteiger partial charge in [0.05, 0.1) is 11.4 Å². The van der Waals surface area contributed by atoms with Crippen LogP contribution in [0.2, 0.25) is 0 Å². The predicted molar refractivity (Wildman–Crippen MR) is 87.5 cm³/mol. The van der Waals surface area contributed by atoms with E-state index >= 15 is 0 Å². The number of hydrogen-bond donors (Lipinski definition) is 1. The van der Waals surface area contributed by atoms with E-state index in [4.69, 9.17) is 0 Å². The third-order valence-corrected chi connectivity index (χ3v) is 3.09. The van der Waals surface area contributed by atoms with Gasteiger partial charge in [0.2, 0.25) is 0 Å². The fraction of sp³-hybridized carbons (Fsp3) is 0.235. The van der Waals surface area contributed by atoms with Gasteiger partial charge in [-0.05, 0) is 49.2 Å². The van der Waals surface area contributed by atoms with Crippen molar-refractivity contribution in [3.63, 3.8) is 0 Å². The van der Waals surface area contributed by atoms with Gasteiger partial charge in [0.15, 0.2) is 0 Å². The summed E-state index contributed by atoms with van der Waals surface area (Å²) < 4.78 is 0. The lowest BCUT2D eigenvalue weighted by atomic mass is 10.2. The van der Waals surface area contributed by atoms with Gasteiger partial charge in [0, 0.05) is 14.1 Å². The molecular formula is C17H21N3O. The fourth-order valence-corrected chi connectivity index (χ4v) is 2.03. The topological polar surface area (TPSA) is 35.6 Å². The second kappa shape index (κ2) is 6.31. The Morgan fingerprint density at radius 2 is 1.57 bits per heavy atom. The maximum atomic E-state index is 12.4. The van der Waals surface area contributed by atoms with Gasteiger partial charge < -0.3 is 4.90 Å². The number of urea groups is 1. The number of nitrogens with one attached hydrogen (secondary N) is 1. The molecule has 1 N–H and O–H groups in total. The molecule has 4 heteroatoms. The van der Waals surface area contributed by atoms with Crippen molar-refractivity contribution in [2.75, 3.05) is 24.5 Å². The smallest absolute Gasteiger partial charge is 0.329 e. The summed E-state index contributed by atoms with van der Waals surface area (Å²) in [5, 5.41) is 1.56. The molecule has 2 rings (SSSR count). The number of nitrogens with zero attached hydrogens (tertiary/aromatic N) is 2. The van der Waals surface area contributed by atoms with E-state index in [2.05, 4.69) is 5.43 Å². The monoisotopic (exact) mass is 283 g/mol. The van der Waals surface area contributed by atoms with Crippen molar-refractivity contribution in [2.45, 2.75) is 13.8 Å². The van der Waals surface area contributed by atoms with Crippen LogP contribution in [-0.2, 0) is 0 Å². The number of amides is 2. The Morgan fingerprint density at radius 3 is 2.14 bits per heavy atom. The second-order valence-electron chi connectivity index (χ2n) is 5.33. The van der Waals surface area contributed by atoms with Gasteiger partial charge in [-0.1, -0.05) is 24.3 Å². The lowest BCUT2D eigenvalue weighted by molar-refractivity contribution is 0.225. The Hall–Kier alpha value is -2.49. The van der Waals surface area contributed by atoms with Gasteiger partial charge >= 0.3 is 6.03 Å². The van der Waals surface area contributed by atoms with E-state index in [9.17, 15) is 4.79 Å². The van der Waals surface area contributed by atoms with Gasteiger partial charge in [-0.15, -0.1) is 0 Å². The van der Waals surface area contributed by atoms with Crippen molar-refractivity contribution in [1.29, 1.82) is 0 Å². The van der Waals surface area contributed by atoms with Gasteiger partial charge in [0.25, 0.3) is 0 Å². The molecule has 0 spiro atoms. The summed E-state index contributed by atoms with van der Waals surface area (Å²) in [6, 6.07) is 15.7. The number of aryl methyl sites for hydroxylation is 2. The number of hydrogen-bond acceptors (Lipinski definition) is 2. The quantitative estimate of drug-likeness (QED) is 0.869. The number of carbonyl (C=O) groups excluding carboxylic acids is 1. The van der Waals surface area contributed by atoms with Crippen molar-refractivity contribution >= 4 is 17.4 Å². The van der Waals surface area contributed by atoms with Crippen LogP contribution in [0.25, 0.3) is 0 Å². The number of carbonyl (C=O) groups is 1. The molecular weight excluding hydrogens is 262 g/mol. The minimum absolute atomic E-state index is 0.123. The van der Waals surface area contributed by atoms with E-state index in [0.717, 1.165) is 22.5 Å². The SMILES string of the molecule is Cc1cccc(NN(C(=O)N(C)C)c2cccc(C)c2)c1. The highest BCUT2D eigenvalue weighted by Crippen LogP contribution is 2.19. The molecule has 21 heavy (non-hydrogen) atoms. The minimum atomic E-state index is -0.123. The first kappa shape index (κ1) is 14.9. The van der Waals surface area contributed by atoms with Gasteiger partial charge in [-0.25, -0.2) is 9.80 Å². The van der Waals surface area contributed by atoms with Crippen molar-refractivity contribution < 1.29 is 4.79 Å². The lowest BCUT2D eigenvalue weighted by Crippen LogP contribution is -2.43. The highest BCUT2D eigenvalue weighted by molar-refractivity contribution is 5.93. The van der Waals surface area contributed by atoms with Crippen molar-refractivity contribution in [2.24, 2.45) is 0 Å². The fourth-order valence-electron chi connectivity index (χ4n) is 2.03. The van der Waals surface area contributed by atoms with Crippen LogP contribution in [0.3, 0.4) is 0 Å². The van der Waals surface area contributed by atoms with Crippen LogP contribution in [-0.4, -0.2) is 25.0 Å². The van der Waals surface area contributed by atoms with Crippen LogP contribution in [0.4, 0.5) is 16.2 Å². The van der Waals surface area contributed by atoms with Crippen LogP contribution >= 0.6 is 0 Å². The summed E-state index contributed by atoms with van der Waals surface area (Å²) in [5.41, 5.74) is 7.13. The maximum absolute atomic E-state index is 12.4. The largest absolute Gasteiger partial charge is 0.342 e. The average molecular weight is 283 g/mol. The lowest BCUT2D eigenvalue weighted by Gasteiger charge is -2.27. The molecule has 2 aromatic rings. The molecule has 0 radical (unpaired) electrons. The molecule has 0 atom stereocenters. The Labute approximate surface area is 126 Å². The molecule has 0 aliphatic carbocycles. The number of hydrazine groups is 1. The molecule has 0 unspecified atom stereocenters. The molecule has 0 heterocycles. The average Bonchev–Trinajstić information content (AvgIpc) is 2.44. The Kier molecular flexibility index (Phi) is 4.48. The van der Waals surface area contributed by atoms with Crippen molar-refractivity contribution in [3.05, 3.63) is 59.7 Å². The molecule has 4 nitrogen and oxygen atoms in total. The summed E-state index contributed by atoms with van der Waals surface area (Å²) in [6.07, 6.45) is 0. The molecule has 110 valence electrons. The van der Waals surface area contributed by atoms with Crippen LogP contribution in [0.5, 0.6) is 0 Å². The minimum Gasteiger partial charge on any atom is -0.329 e. The van der Waals surface area contributed by atoms with Gasteiger partial charge in [-0.3, -0.25) is 5.43 Å². The number of rotatable bonds is 3. The number of anilines is 2. The normalized spacial score (nSPS) is 10.1. The summed E-state index contributed by atoms with van der Waals surface area (Å²) >= 11 is 0. The molecule has 0 bridgehead atoms. The molecule has 0 aromatic heterocycles. The van der Waals surface area contributed by atoms with E-state index in [-0.39, 0.29) is 6.03 Å². The van der Waals surface area contributed by atoms with Crippen LogP contribution in [0.15, 0.2) is 48.5 Å². The first-order valence-corrected chi connectivity index (χ1v) is 6.89. The van der Waals surface area contributed by atoms with Crippen LogP contribution in [0.1, 0.15) is 11.1 Å². The summed E-state index contributed by atoms with van der Waals surface area (Å²) in [6.45, 7) is 4.03. The molecule has 0 aliphatic rings. The Balaban J connectivity index is 2.35. The van der Waals surface area contributed by atoms with Crippen LogP contribution < -0.4 is 10.4 Å². The summed E-state index contributed by atoms with van der Waals surface area (Å²) in [7, 11) is 3.48. The zero-order chi connectivity index (χ0) is 15.4. The third-order valence-electron chi connectivity index (χ3n) is 3.09. The van der Waals surface area contributed by atoms with Crippen LogP contribution in [0, 0.1) is 13.8 Å². The van der Waals surface area contributed by atoms with E-state index in [1.807, 2.05) is 62.4 Å². The zero-order valence-corrected chi connectivity index (χ0v) is 12.9. The second-order valence-corrected chi connectivity index (χ2v) is 5.33.